The van der Waals surface area contributed by atoms with E-state index in [0.29, 0.717) is 13.1 Å². The van der Waals surface area contributed by atoms with Gasteiger partial charge in [0.15, 0.2) is 11.8 Å². The maximum Gasteiger partial charge on any atom is 0.192 e. The fourth-order valence-electron chi connectivity index (χ4n) is 3.07. The average Bonchev–Trinajstić information content (AvgIpc) is 3.05. The first kappa shape index (κ1) is 25.1. The quantitative estimate of drug-likeness (QED) is 0.222. The van der Waals surface area contributed by atoms with Crippen molar-refractivity contribution < 1.29 is 0 Å². The summed E-state index contributed by atoms with van der Waals surface area (Å²) in [4.78, 5) is 7.13. The van der Waals surface area contributed by atoms with Crippen molar-refractivity contribution in [2.45, 2.75) is 33.4 Å². The highest BCUT2D eigenvalue weighted by atomic mass is 127. The minimum atomic E-state index is 0. The predicted molar refractivity (Wildman–Crippen MR) is 131 cm³/mol. The molecule has 0 bridgehead atoms. The second-order valence-electron chi connectivity index (χ2n) is 6.59. The highest BCUT2D eigenvalue weighted by Crippen LogP contribution is 2.19. The molecule has 0 aliphatic carbocycles. The van der Waals surface area contributed by atoms with Gasteiger partial charge in [-0.15, -0.1) is 40.8 Å². The van der Waals surface area contributed by atoms with Crippen molar-refractivity contribution in [2.24, 2.45) is 12.0 Å². The van der Waals surface area contributed by atoms with Crippen molar-refractivity contribution in [3.63, 3.8) is 0 Å². The maximum absolute atomic E-state index is 4.69. The first-order valence-corrected chi connectivity index (χ1v) is 9.87. The second kappa shape index (κ2) is 13.3. The number of hydrogen-bond acceptors (Lipinski definition) is 4. The van der Waals surface area contributed by atoms with Gasteiger partial charge in [0, 0.05) is 20.1 Å². The van der Waals surface area contributed by atoms with Gasteiger partial charge in [0.25, 0.3) is 0 Å². The monoisotopic (exact) mass is 511 g/mol. The first-order chi connectivity index (χ1) is 13.6. The molecular formula is C21H34IN7. The van der Waals surface area contributed by atoms with Crippen molar-refractivity contribution in [3.05, 3.63) is 60.2 Å². The van der Waals surface area contributed by atoms with E-state index in [0.717, 1.165) is 37.2 Å². The van der Waals surface area contributed by atoms with Crippen LogP contribution in [0.15, 0.2) is 48.0 Å². The summed E-state index contributed by atoms with van der Waals surface area (Å²) in [6.07, 6.45) is 1.82. The van der Waals surface area contributed by atoms with E-state index in [1.54, 1.807) is 0 Å². The molecule has 0 aliphatic heterocycles. The molecule has 29 heavy (non-hydrogen) atoms. The molecule has 1 atom stereocenters. The minimum Gasteiger partial charge on any atom is -0.354 e. The molecule has 2 rings (SSSR count). The Morgan fingerprint density at radius 1 is 1.21 bits per heavy atom. The number of aryl methyl sites for hydroxylation is 1. The Kier molecular flexibility index (Phi) is 11.5. The number of nitrogens with zero attached hydrogens (tertiary/aromatic N) is 5. The molecule has 7 nitrogen and oxygen atoms in total. The van der Waals surface area contributed by atoms with E-state index in [4.69, 9.17) is 0 Å². The van der Waals surface area contributed by atoms with Crippen LogP contribution in [-0.4, -0.2) is 51.8 Å². The van der Waals surface area contributed by atoms with E-state index in [1.165, 1.54) is 5.56 Å². The zero-order chi connectivity index (χ0) is 20.4. The zero-order valence-electron chi connectivity index (χ0n) is 17.9. The van der Waals surface area contributed by atoms with Crippen molar-refractivity contribution in [1.29, 1.82) is 0 Å². The number of rotatable bonds is 10. The summed E-state index contributed by atoms with van der Waals surface area (Å²) in [5.41, 5.74) is 1.30. The van der Waals surface area contributed by atoms with Gasteiger partial charge in [0.2, 0.25) is 0 Å². The molecule has 0 saturated heterocycles. The third-order valence-corrected chi connectivity index (χ3v) is 4.88. The number of aliphatic imine (C=N–C) groups is 1. The van der Waals surface area contributed by atoms with Gasteiger partial charge in [-0.25, -0.2) is 4.99 Å². The second-order valence-corrected chi connectivity index (χ2v) is 6.59. The number of likely N-dealkylation sites (N-methyl/N-ethyl adjacent to an activating group) is 1. The van der Waals surface area contributed by atoms with Crippen LogP contribution in [0.1, 0.15) is 37.1 Å². The van der Waals surface area contributed by atoms with E-state index in [9.17, 15) is 0 Å². The fourth-order valence-corrected chi connectivity index (χ4v) is 3.07. The highest BCUT2D eigenvalue weighted by molar-refractivity contribution is 14.0. The van der Waals surface area contributed by atoms with Gasteiger partial charge >= 0.3 is 0 Å². The standard InChI is InChI=1S/C21H33N7.HI/c1-6-14-22-21(24-16-20-26-25-17(4)27(20)5)23-15-19(28(7-2)8-3)18-12-10-9-11-13-18;/h6,9-13,19H,1,7-8,14-16H2,2-5H3,(H2,22,23,24);1H. The SMILES string of the molecule is C=CCNC(=NCc1nnc(C)n1C)NCC(c1ccccc1)N(CC)CC.I. The van der Waals surface area contributed by atoms with E-state index >= 15 is 0 Å². The van der Waals surface area contributed by atoms with Gasteiger partial charge in [0.05, 0.1) is 6.04 Å². The average molecular weight is 511 g/mol. The number of halogens is 1. The van der Waals surface area contributed by atoms with E-state index in [1.807, 2.05) is 24.6 Å². The Bertz CT molecular complexity index is 754. The van der Waals surface area contributed by atoms with Gasteiger partial charge in [-0.3, -0.25) is 4.90 Å². The molecule has 1 unspecified atom stereocenters. The van der Waals surface area contributed by atoms with Crippen molar-refractivity contribution in [3.8, 4) is 0 Å². The lowest BCUT2D eigenvalue weighted by Crippen LogP contribution is -2.43. The lowest BCUT2D eigenvalue weighted by Gasteiger charge is -2.30. The molecule has 1 aromatic carbocycles. The number of nitrogens with one attached hydrogen (secondary N) is 2. The first-order valence-electron chi connectivity index (χ1n) is 9.87. The Morgan fingerprint density at radius 3 is 2.45 bits per heavy atom. The molecular weight excluding hydrogens is 477 g/mol. The molecule has 160 valence electrons. The number of hydrogen-bond donors (Lipinski definition) is 2. The topological polar surface area (TPSA) is 70.4 Å². The molecule has 0 saturated carbocycles. The summed E-state index contributed by atoms with van der Waals surface area (Å²) >= 11 is 0. The molecule has 0 fully saturated rings. The Labute approximate surface area is 191 Å². The maximum atomic E-state index is 4.69. The zero-order valence-corrected chi connectivity index (χ0v) is 20.3. The number of guanidine groups is 1. The largest absolute Gasteiger partial charge is 0.354 e. The van der Waals surface area contributed by atoms with Gasteiger partial charge in [-0.05, 0) is 25.6 Å². The van der Waals surface area contributed by atoms with Crippen molar-refractivity contribution >= 4 is 29.9 Å². The fraction of sp³-hybridized carbons (Fsp3) is 0.476. The summed E-state index contributed by atoms with van der Waals surface area (Å²) in [6, 6.07) is 10.9. The lowest BCUT2D eigenvalue weighted by molar-refractivity contribution is 0.219. The van der Waals surface area contributed by atoms with Crippen LogP contribution in [0.4, 0.5) is 0 Å². The van der Waals surface area contributed by atoms with Crippen LogP contribution in [0, 0.1) is 6.92 Å². The molecule has 0 radical (unpaired) electrons. The van der Waals surface area contributed by atoms with Crippen LogP contribution in [0.5, 0.6) is 0 Å². The van der Waals surface area contributed by atoms with E-state index in [2.05, 4.69) is 81.5 Å². The summed E-state index contributed by atoms with van der Waals surface area (Å²) in [6.45, 7) is 14.0. The van der Waals surface area contributed by atoms with Crippen molar-refractivity contribution in [2.75, 3.05) is 26.2 Å². The Hall–Kier alpha value is -1.94. The van der Waals surface area contributed by atoms with Crippen LogP contribution in [0.3, 0.4) is 0 Å². The molecule has 1 aromatic heterocycles. The van der Waals surface area contributed by atoms with Crippen LogP contribution in [-0.2, 0) is 13.6 Å². The van der Waals surface area contributed by atoms with E-state index in [-0.39, 0.29) is 30.0 Å². The van der Waals surface area contributed by atoms with E-state index < -0.39 is 0 Å². The van der Waals surface area contributed by atoms with Crippen LogP contribution < -0.4 is 10.6 Å². The molecule has 8 heteroatoms. The Morgan fingerprint density at radius 2 is 1.90 bits per heavy atom. The third-order valence-electron chi connectivity index (χ3n) is 4.88. The van der Waals surface area contributed by atoms with Gasteiger partial charge in [0.1, 0.15) is 12.4 Å². The summed E-state index contributed by atoms with van der Waals surface area (Å²) in [7, 11) is 1.95. The van der Waals surface area contributed by atoms with Crippen LogP contribution in [0.25, 0.3) is 0 Å². The van der Waals surface area contributed by atoms with Gasteiger partial charge in [-0.1, -0.05) is 50.3 Å². The highest BCUT2D eigenvalue weighted by Gasteiger charge is 2.18. The lowest BCUT2D eigenvalue weighted by atomic mass is 10.1. The molecule has 1 heterocycles. The van der Waals surface area contributed by atoms with Crippen LogP contribution >= 0.6 is 24.0 Å². The molecule has 0 spiro atoms. The summed E-state index contributed by atoms with van der Waals surface area (Å²) in [5.74, 6) is 2.46. The predicted octanol–water partition coefficient (Wildman–Crippen LogP) is 3.05. The van der Waals surface area contributed by atoms with Crippen molar-refractivity contribution in [1.82, 2.24) is 30.3 Å². The molecule has 2 N–H and O–H groups in total. The number of benzene rings is 1. The summed E-state index contributed by atoms with van der Waals surface area (Å²) in [5, 5.41) is 15.1. The third kappa shape index (κ3) is 7.43. The van der Waals surface area contributed by atoms with Gasteiger partial charge in [-0.2, -0.15) is 0 Å². The minimum absolute atomic E-state index is 0. The molecule has 2 aromatic rings. The van der Waals surface area contributed by atoms with Gasteiger partial charge < -0.3 is 15.2 Å². The van der Waals surface area contributed by atoms with Crippen LogP contribution in [0.2, 0.25) is 0 Å². The summed E-state index contributed by atoms with van der Waals surface area (Å²) < 4.78 is 1.96. The molecule has 0 aliphatic rings. The molecule has 0 amide bonds. The normalized spacial score (nSPS) is 12.4. The Balaban J connectivity index is 0.00000420. The number of aromatic nitrogens is 3. The smallest absolute Gasteiger partial charge is 0.192 e.